The molecule has 4 nitrogen and oxygen atoms in total. The van der Waals surface area contributed by atoms with Crippen LogP contribution in [0.15, 0.2) is 0 Å². The minimum absolute atomic E-state index is 0.0592. The van der Waals surface area contributed by atoms with Gasteiger partial charge in [0.15, 0.2) is 0 Å². The van der Waals surface area contributed by atoms with Gasteiger partial charge in [-0.2, -0.15) is 0 Å². The van der Waals surface area contributed by atoms with Gasteiger partial charge < -0.3 is 10.6 Å². The van der Waals surface area contributed by atoms with Crippen molar-refractivity contribution in [1.82, 2.24) is 10.6 Å². The van der Waals surface area contributed by atoms with Gasteiger partial charge in [0.2, 0.25) is 11.8 Å². The summed E-state index contributed by atoms with van der Waals surface area (Å²) in [7, 11) is 0. The van der Waals surface area contributed by atoms with Gasteiger partial charge >= 0.3 is 0 Å². The molecule has 0 heterocycles. The van der Waals surface area contributed by atoms with Crippen molar-refractivity contribution >= 4 is 11.8 Å². The van der Waals surface area contributed by atoms with Gasteiger partial charge in [-0.25, -0.2) is 0 Å². The Morgan fingerprint density at radius 1 is 0.846 bits per heavy atom. The van der Waals surface area contributed by atoms with E-state index in [2.05, 4.69) is 31.4 Å². The maximum atomic E-state index is 12.6. The Balaban J connectivity index is 1.56. The summed E-state index contributed by atoms with van der Waals surface area (Å²) in [5.41, 5.74) is 0.252. The van der Waals surface area contributed by atoms with Crippen LogP contribution in [0.4, 0.5) is 0 Å². The van der Waals surface area contributed by atoms with Crippen LogP contribution in [0.25, 0.3) is 0 Å². The third-order valence-electron chi connectivity index (χ3n) is 6.93. The summed E-state index contributed by atoms with van der Waals surface area (Å²) in [6.07, 6.45) is 12.1. The van der Waals surface area contributed by atoms with E-state index in [9.17, 15) is 9.59 Å². The van der Waals surface area contributed by atoms with Crippen LogP contribution in [0.5, 0.6) is 0 Å². The second kappa shape index (κ2) is 7.90. The van der Waals surface area contributed by atoms with E-state index < -0.39 is 0 Å². The molecule has 0 aromatic carbocycles. The Bertz CT molecular complexity index is 518. The fraction of sp³-hybridized carbons (Fsp3) is 0.909. The van der Waals surface area contributed by atoms with Gasteiger partial charge in [-0.1, -0.05) is 46.5 Å². The van der Waals surface area contributed by atoms with E-state index in [4.69, 9.17) is 0 Å². The first kappa shape index (κ1) is 19.7. The summed E-state index contributed by atoms with van der Waals surface area (Å²) < 4.78 is 0. The number of carbonyl (C=O) groups is 2. The molecule has 2 N–H and O–H groups in total. The Labute approximate surface area is 159 Å². The maximum absolute atomic E-state index is 12.6. The van der Waals surface area contributed by atoms with Crippen molar-refractivity contribution in [3.63, 3.8) is 0 Å². The lowest BCUT2D eigenvalue weighted by atomic mass is 9.62. The zero-order valence-electron chi connectivity index (χ0n) is 17.0. The topological polar surface area (TPSA) is 58.2 Å². The molecule has 3 saturated carbocycles. The molecular weight excluding hydrogens is 324 g/mol. The van der Waals surface area contributed by atoms with Crippen LogP contribution in [-0.4, -0.2) is 24.4 Å². The molecule has 2 amide bonds. The van der Waals surface area contributed by atoms with E-state index in [0.29, 0.717) is 0 Å². The molecule has 0 unspecified atom stereocenters. The predicted molar refractivity (Wildman–Crippen MR) is 105 cm³/mol. The van der Waals surface area contributed by atoms with Gasteiger partial charge in [0.1, 0.15) is 0 Å². The van der Waals surface area contributed by atoms with Crippen molar-refractivity contribution in [3.05, 3.63) is 0 Å². The molecule has 3 rings (SSSR count). The quantitative estimate of drug-likeness (QED) is 0.770. The minimum Gasteiger partial charge on any atom is -0.355 e. The van der Waals surface area contributed by atoms with Crippen LogP contribution in [0, 0.1) is 22.7 Å². The number of nitrogens with one attached hydrogen (secondary N) is 2. The van der Waals surface area contributed by atoms with Crippen molar-refractivity contribution in [2.75, 3.05) is 6.54 Å². The van der Waals surface area contributed by atoms with Crippen molar-refractivity contribution in [2.45, 2.75) is 97.4 Å². The molecule has 26 heavy (non-hydrogen) atoms. The molecule has 2 atom stereocenters. The van der Waals surface area contributed by atoms with Crippen LogP contribution in [-0.2, 0) is 9.59 Å². The van der Waals surface area contributed by atoms with E-state index in [1.807, 2.05) is 0 Å². The standard InChI is InChI=1S/C22H38N2O2/c1-21(2)12-18(24-20(26)17-10-6-7-11-17)13-22(3,14-21)15-23-19(25)16-8-4-5-9-16/h16-18H,4-15H2,1-3H3,(H,23,25)(H,24,26)/t18-,22+/m0/s1. The number of hydrogen-bond donors (Lipinski definition) is 2. The molecule has 0 bridgehead atoms. The summed E-state index contributed by atoms with van der Waals surface area (Å²) in [5, 5.41) is 6.61. The fourth-order valence-electron chi connectivity index (χ4n) is 6.01. The van der Waals surface area contributed by atoms with Gasteiger partial charge in [0.25, 0.3) is 0 Å². The Kier molecular flexibility index (Phi) is 5.98. The Morgan fingerprint density at radius 2 is 1.38 bits per heavy atom. The molecule has 0 aromatic rings. The molecule has 3 aliphatic carbocycles. The van der Waals surface area contributed by atoms with E-state index in [0.717, 1.165) is 51.5 Å². The lowest BCUT2D eigenvalue weighted by Gasteiger charge is -2.47. The van der Waals surface area contributed by atoms with Gasteiger partial charge in [-0.05, 0) is 55.8 Å². The normalized spacial score (nSPS) is 32.5. The predicted octanol–water partition coefficient (Wildman–Crippen LogP) is 4.18. The average Bonchev–Trinajstić information content (AvgIpc) is 3.23. The molecule has 0 aliphatic heterocycles. The first-order valence-corrected chi connectivity index (χ1v) is 10.8. The summed E-state index contributed by atoms with van der Waals surface area (Å²) in [4.78, 5) is 25.0. The summed E-state index contributed by atoms with van der Waals surface area (Å²) >= 11 is 0. The minimum atomic E-state index is 0.0592. The van der Waals surface area contributed by atoms with E-state index >= 15 is 0 Å². The SMILES string of the molecule is CC1(C)C[C@H](NC(=O)C2CCCC2)C[C@@](C)(CNC(=O)C2CCCC2)C1. The van der Waals surface area contributed by atoms with Crippen molar-refractivity contribution in [3.8, 4) is 0 Å². The van der Waals surface area contributed by atoms with Gasteiger partial charge in [-0.15, -0.1) is 0 Å². The summed E-state index contributed by atoms with van der Waals surface area (Å²) in [6.45, 7) is 7.63. The Morgan fingerprint density at radius 3 is 1.96 bits per heavy atom. The number of hydrogen-bond acceptors (Lipinski definition) is 2. The first-order chi connectivity index (χ1) is 12.3. The van der Waals surface area contributed by atoms with E-state index in [-0.39, 0.29) is 40.5 Å². The molecule has 4 heteroatoms. The third-order valence-corrected chi connectivity index (χ3v) is 6.93. The molecule has 0 saturated heterocycles. The summed E-state index contributed by atoms with van der Waals surface area (Å²) in [6, 6.07) is 0.236. The molecule has 3 aliphatic rings. The van der Waals surface area contributed by atoms with Gasteiger partial charge in [0.05, 0.1) is 0 Å². The molecule has 0 spiro atoms. The van der Waals surface area contributed by atoms with Crippen LogP contribution >= 0.6 is 0 Å². The molecule has 0 aromatic heterocycles. The van der Waals surface area contributed by atoms with Crippen molar-refractivity contribution in [2.24, 2.45) is 22.7 Å². The number of rotatable bonds is 5. The lowest BCUT2D eigenvalue weighted by molar-refractivity contribution is -0.128. The van der Waals surface area contributed by atoms with Crippen molar-refractivity contribution in [1.29, 1.82) is 0 Å². The molecular formula is C22H38N2O2. The molecule has 0 radical (unpaired) electrons. The monoisotopic (exact) mass is 362 g/mol. The molecule has 148 valence electrons. The van der Waals surface area contributed by atoms with Gasteiger partial charge in [0, 0.05) is 24.4 Å². The average molecular weight is 363 g/mol. The summed E-state index contributed by atoms with van der Waals surface area (Å²) in [5.74, 6) is 0.975. The highest BCUT2D eigenvalue weighted by Crippen LogP contribution is 2.46. The van der Waals surface area contributed by atoms with Crippen LogP contribution in [0.1, 0.15) is 91.4 Å². The Hall–Kier alpha value is -1.06. The van der Waals surface area contributed by atoms with Crippen LogP contribution in [0.3, 0.4) is 0 Å². The van der Waals surface area contributed by atoms with Gasteiger partial charge in [-0.3, -0.25) is 9.59 Å². The highest BCUT2D eigenvalue weighted by molar-refractivity contribution is 5.79. The zero-order valence-corrected chi connectivity index (χ0v) is 17.0. The number of amides is 2. The number of carbonyl (C=O) groups excluding carboxylic acids is 2. The maximum Gasteiger partial charge on any atom is 0.223 e. The van der Waals surface area contributed by atoms with E-state index in [1.165, 1.54) is 25.7 Å². The lowest BCUT2D eigenvalue weighted by Crippen LogP contribution is -2.51. The second-order valence-corrected chi connectivity index (χ2v) is 10.4. The smallest absolute Gasteiger partial charge is 0.223 e. The third kappa shape index (κ3) is 5.01. The van der Waals surface area contributed by atoms with Crippen molar-refractivity contribution < 1.29 is 9.59 Å². The molecule has 3 fully saturated rings. The van der Waals surface area contributed by atoms with Crippen LogP contribution in [0.2, 0.25) is 0 Å². The highest BCUT2D eigenvalue weighted by Gasteiger charge is 2.42. The fourth-order valence-corrected chi connectivity index (χ4v) is 6.01. The van der Waals surface area contributed by atoms with E-state index in [1.54, 1.807) is 0 Å². The highest BCUT2D eigenvalue weighted by atomic mass is 16.2. The zero-order chi connectivity index (χ0) is 18.8. The van der Waals surface area contributed by atoms with Crippen LogP contribution < -0.4 is 10.6 Å². The first-order valence-electron chi connectivity index (χ1n) is 10.8. The largest absolute Gasteiger partial charge is 0.355 e. The second-order valence-electron chi connectivity index (χ2n) is 10.4.